The van der Waals surface area contributed by atoms with Gasteiger partial charge >= 0.3 is 0 Å². The van der Waals surface area contributed by atoms with Crippen molar-refractivity contribution in [2.24, 2.45) is 5.41 Å². The summed E-state index contributed by atoms with van der Waals surface area (Å²) in [6.07, 6.45) is 4.73. The summed E-state index contributed by atoms with van der Waals surface area (Å²) in [7, 11) is 0. The van der Waals surface area contributed by atoms with Gasteiger partial charge in [0.25, 0.3) is 5.91 Å². The minimum atomic E-state index is -0.457. The van der Waals surface area contributed by atoms with E-state index in [2.05, 4.69) is 15.6 Å². The van der Waals surface area contributed by atoms with Gasteiger partial charge in [0, 0.05) is 29.2 Å². The van der Waals surface area contributed by atoms with E-state index in [1.807, 2.05) is 45.0 Å². The predicted octanol–water partition coefficient (Wildman–Crippen LogP) is 4.71. The van der Waals surface area contributed by atoms with Gasteiger partial charge in [-0.25, -0.2) is 0 Å². The van der Waals surface area contributed by atoms with Gasteiger partial charge in [0.15, 0.2) is 0 Å². The Morgan fingerprint density at radius 3 is 2.69 bits per heavy atom. The second-order valence-electron chi connectivity index (χ2n) is 9.69. The molecule has 1 aliphatic rings. The van der Waals surface area contributed by atoms with Gasteiger partial charge in [0.2, 0.25) is 11.3 Å². The molecule has 4 rings (SSSR count). The minimum Gasteiger partial charge on any atom is -0.360 e. The number of para-hydroxylation sites is 1. The smallest absolute Gasteiger partial charge is 0.261 e. The number of hydrogen-bond acceptors (Lipinski definition) is 3. The average molecular weight is 432 g/mol. The highest BCUT2D eigenvalue weighted by Gasteiger charge is 2.25. The van der Waals surface area contributed by atoms with Crippen LogP contribution in [0.4, 0.5) is 5.69 Å². The molecule has 1 unspecified atom stereocenters. The number of rotatable bonds is 4. The van der Waals surface area contributed by atoms with Crippen molar-refractivity contribution in [1.29, 1.82) is 0 Å². The molecule has 3 aromatic rings. The number of carbonyl (C=O) groups excluding carboxylic acids is 2. The van der Waals surface area contributed by atoms with Gasteiger partial charge in [-0.1, -0.05) is 39.0 Å². The third-order valence-corrected chi connectivity index (χ3v) is 5.78. The summed E-state index contributed by atoms with van der Waals surface area (Å²) >= 11 is 0. The van der Waals surface area contributed by atoms with Gasteiger partial charge in [0.1, 0.15) is 5.56 Å². The van der Waals surface area contributed by atoms with Crippen LogP contribution in [0.15, 0.2) is 53.5 Å². The van der Waals surface area contributed by atoms with Crippen molar-refractivity contribution in [1.82, 2.24) is 10.3 Å². The summed E-state index contributed by atoms with van der Waals surface area (Å²) in [5.74, 6) is -0.423. The zero-order chi connectivity index (χ0) is 22.9. The third-order valence-electron chi connectivity index (χ3n) is 5.78. The summed E-state index contributed by atoms with van der Waals surface area (Å²) in [5, 5.41) is 6.50. The Labute approximate surface area is 187 Å². The fraction of sp³-hybridized carbons (Fsp3) is 0.346. The van der Waals surface area contributed by atoms with Crippen LogP contribution in [0.2, 0.25) is 0 Å². The first-order valence-corrected chi connectivity index (χ1v) is 11.1. The molecule has 1 aliphatic carbocycles. The standard InChI is InChI=1S/C26H29N3O3/c1-26(2,3)14-23(30)29-22-10-6-7-16-11-12-17(13-19(16)22)28-25(32)20-15-27-21-9-5-4-8-18(21)24(20)31/h4-5,8-9,11-13,15,22H,6-7,10,14H2,1-3H3,(H,27,31)(H,28,32)(H,29,30). The second kappa shape index (κ2) is 8.61. The predicted molar refractivity (Wildman–Crippen MR) is 127 cm³/mol. The lowest BCUT2D eigenvalue weighted by Gasteiger charge is -2.28. The number of amides is 2. The van der Waals surface area contributed by atoms with E-state index in [4.69, 9.17) is 0 Å². The van der Waals surface area contributed by atoms with Crippen molar-refractivity contribution in [3.05, 3.63) is 75.6 Å². The van der Waals surface area contributed by atoms with Gasteiger partial charge in [-0.05, 0) is 60.1 Å². The van der Waals surface area contributed by atoms with Crippen molar-refractivity contribution in [2.75, 3.05) is 5.32 Å². The quantitative estimate of drug-likeness (QED) is 0.559. The van der Waals surface area contributed by atoms with Crippen molar-refractivity contribution in [2.45, 2.75) is 52.5 Å². The van der Waals surface area contributed by atoms with E-state index in [9.17, 15) is 14.4 Å². The van der Waals surface area contributed by atoms with Crippen LogP contribution >= 0.6 is 0 Å². The molecule has 2 aromatic carbocycles. The van der Waals surface area contributed by atoms with E-state index in [1.54, 1.807) is 18.2 Å². The van der Waals surface area contributed by atoms with Crippen molar-refractivity contribution >= 4 is 28.4 Å². The minimum absolute atomic E-state index is 0.0347. The molecule has 2 amide bonds. The maximum atomic E-state index is 12.9. The highest BCUT2D eigenvalue weighted by Crippen LogP contribution is 2.32. The number of benzene rings is 2. The van der Waals surface area contributed by atoms with Crippen LogP contribution in [-0.2, 0) is 11.2 Å². The van der Waals surface area contributed by atoms with Crippen LogP contribution in [0.5, 0.6) is 0 Å². The second-order valence-corrected chi connectivity index (χ2v) is 9.69. The summed E-state index contributed by atoms with van der Waals surface area (Å²) < 4.78 is 0. The largest absolute Gasteiger partial charge is 0.360 e. The molecule has 1 aromatic heterocycles. The molecule has 1 heterocycles. The molecular formula is C26H29N3O3. The number of fused-ring (bicyclic) bond motifs is 2. The Kier molecular flexibility index (Phi) is 5.87. The maximum absolute atomic E-state index is 12.9. The molecule has 6 heteroatoms. The first-order chi connectivity index (χ1) is 15.2. The number of aromatic nitrogens is 1. The molecule has 0 radical (unpaired) electrons. The molecule has 0 aliphatic heterocycles. The lowest BCUT2D eigenvalue weighted by atomic mass is 9.86. The highest BCUT2D eigenvalue weighted by atomic mass is 16.2. The van der Waals surface area contributed by atoms with E-state index in [-0.39, 0.29) is 28.4 Å². The Bertz CT molecular complexity index is 1240. The highest BCUT2D eigenvalue weighted by molar-refractivity contribution is 6.05. The first-order valence-electron chi connectivity index (χ1n) is 11.1. The number of hydrogen-bond donors (Lipinski definition) is 3. The van der Waals surface area contributed by atoms with Crippen LogP contribution in [0.1, 0.15) is 67.6 Å². The van der Waals surface area contributed by atoms with Gasteiger partial charge < -0.3 is 15.6 Å². The van der Waals surface area contributed by atoms with Gasteiger partial charge in [0.05, 0.1) is 6.04 Å². The van der Waals surface area contributed by atoms with E-state index in [1.165, 1.54) is 11.8 Å². The summed E-state index contributed by atoms with van der Waals surface area (Å²) in [4.78, 5) is 41.1. The molecule has 32 heavy (non-hydrogen) atoms. The number of pyridine rings is 1. The lowest BCUT2D eigenvalue weighted by molar-refractivity contribution is -0.123. The molecular weight excluding hydrogens is 402 g/mol. The topological polar surface area (TPSA) is 91.1 Å². The van der Waals surface area contributed by atoms with E-state index >= 15 is 0 Å². The van der Waals surface area contributed by atoms with Crippen molar-refractivity contribution < 1.29 is 9.59 Å². The fourth-order valence-electron chi connectivity index (χ4n) is 4.29. The molecule has 166 valence electrons. The Morgan fingerprint density at radius 2 is 1.91 bits per heavy atom. The SMILES string of the molecule is CC(C)(C)CC(=O)NC1CCCc2ccc(NC(=O)c3c[nH]c4ccccc4c3=O)cc21. The number of carbonyl (C=O) groups is 2. The van der Waals surface area contributed by atoms with Gasteiger partial charge in [-0.2, -0.15) is 0 Å². The Hall–Kier alpha value is -3.41. The van der Waals surface area contributed by atoms with Crippen molar-refractivity contribution in [3.63, 3.8) is 0 Å². The summed E-state index contributed by atoms with van der Waals surface area (Å²) in [6.45, 7) is 6.14. The van der Waals surface area contributed by atoms with Crippen LogP contribution in [0.3, 0.4) is 0 Å². The third kappa shape index (κ3) is 4.74. The van der Waals surface area contributed by atoms with Crippen LogP contribution in [0, 0.1) is 5.41 Å². The van der Waals surface area contributed by atoms with Gasteiger partial charge in [-0.3, -0.25) is 14.4 Å². The Morgan fingerprint density at radius 1 is 1.12 bits per heavy atom. The van der Waals surface area contributed by atoms with Crippen LogP contribution in [-0.4, -0.2) is 16.8 Å². The first kappa shape index (κ1) is 21.8. The molecule has 0 saturated heterocycles. The maximum Gasteiger partial charge on any atom is 0.261 e. The number of nitrogens with one attached hydrogen (secondary N) is 3. The van der Waals surface area contributed by atoms with Gasteiger partial charge in [-0.15, -0.1) is 0 Å². The molecule has 0 fully saturated rings. The number of aryl methyl sites for hydroxylation is 1. The van der Waals surface area contributed by atoms with E-state index < -0.39 is 5.91 Å². The number of anilines is 1. The molecule has 0 bridgehead atoms. The number of H-pyrrole nitrogens is 1. The zero-order valence-electron chi connectivity index (χ0n) is 18.7. The Balaban J connectivity index is 1.56. The average Bonchev–Trinajstić information content (AvgIpc) is 2.73. The number of aromatic amines is 1. The van der Waals surface area contributed by atoms with Crippen LogP contribution in [0.25, 0.3) is 10.9 Å². The van der Waals surface area contributed by atoms with Crippen LogP contribution < -0.4 is 16.1 Å². The zero-order valence-corrected chi connectivity index (χ0v) is 18.7. The molecule has 0 spiro atoms. The molecule has 1 atom stereocenters. The summed E-state index contributed by atoms with van der Waals surface area (Å²) in [6, 6.07) is 12.8. The van der Waals surface area contributed by atoms with E-state index in [0.717, 1.165) is 24.8 Å². The molecule has 6 nitrogen and oxygen atoms in total. The summed E-state index contributed by atoms with van der Waals surface area (Å²) in [5.41, 5.74) is 3.20. The molecule has 3 N–H and O–H groups in total. The molecule has 0 saturated carbocycles. The fourth-order valence-corrected chi connectivity index (χ4v) is 4.29. The van der Waals surface area contributed by atoms with E-state index in [0.29, 0.717) is 23.0 Å². The monoisotopic (exact) mass is 431 g/mol. The lowest BCUT2D eigenvalue weighted by Crippen LogP contribution is -2.33. The van der Waals surface area contributed by atoms with Crippen molar-refractivity contribution in [3.8, 4) is 0 Å². The normalized spacial score (nSPS) is 15.8.